The summed E-state index contributed by atoms with van der Waals surface area (Å²) in [6, 6.07) is 8.80. The number of carbonyl (C=O) groups is 2. The summed E-state index contributed by atoms with van der Waals surface area (Å²) in [5, 5.41) is 7.84. The molecule has 2 fully saturated rings. The molecule has 1 N–H and O–H groups in total. The summed E-state index contributed by atoms with van der Waals surface area (Å²) < 4.78 is 47.3. The van der Waals surface area contributed by atoms with E-state index in [1.165, 1.54) is 21.7 Å². The average molecular weight is 537 g/mol. The molecule has 2 saturated heterocycles. The van der Waals surface area contributed by atoms with Crippen LogP contribution in [0.15, 0.2) is 47.5 Å². The standard InChI is InChI=1S/C24H20ClF3N4O3S/c25-17-3-2-15(19(9-17)24(26,27)28)11-32-20-4-1-14(7-16(20)10-30-32)8-21-22(33)31(23(34)36-21)12-18-13-35-6-5-29-18/h1-4,7-10,18,29H,5-6,11-13H2/b21-8+. The summed E-state index contributed by atoms with van der Waals surface area (Å²) in [6.07, 6.45) is -1.36. The number of fused-ring (bicyclic) bond motifs is 1. The minimum absolute atomic E-state index is 0.00814. The van der Waals surface area contributed by atoms with Crippen molar-refractivity contribution in [3.05, 3.63) is 69.2 Å². The van der Waals surface area contributed by atoms with Gasteiger partial charge in [0.2, 0.25) is 0 Å². The van der Waals surface area contributed by atoms with Crippen molar-refractivity contribution in [2.45, 2.75) is 18.8 Å². The molecule has 2 aliphatic rings. The van der Waals surface area contributed by atoms with Crippen LogP contribution in [0, 0.1) is 0 Å². The van der Waals surface area contributed by atoms with Gasteiger partial charge in [0.1, 0.15) is 0 Å². The van der Waals surface area contributed by atoms with Gasteiger partial charge in [-0.1, -0.05) is 23.7 Å². The summed E-state index contributed by atoms with van der Waals surface area (Å²) in [6.45, 7) is 1.84. The van der Waals surface area contributed by atoms with E-state index in [1.54, 1.807) is 30.5 Å². The number of ether oxygens (including phenoxy) is 1. The number of halogens is 4. The maximum Gasteiger partial charge on any atom is 0.416 e. The molecule has 0 radical (unpaired) electrons. The van der Waals surface area contributed by atoms with Gasteiger partial charge in [-0.2, -0.15) is 18.3 Å². The largest absolute Gasteiger partial charge is 0.416 e. The number of nitrogens with one attached hydrogen (secondary N) is 1. The Morgan fingerprint density at radius 3 is 2.81 bits per heavy atom. The van der Waals surface area contributed by atoms with Crippen LogP contribution in [-0.2, 0) is 22.3 Å². The van der Waals surface area contributed by atoms with Crippen LogP contribution in [-0.4, -0.2) is 58.2 Å². The minimum atomic E-state index is -4.54. The molecule has 0 spiro atoms. The van der Waals surface area contributed by atoms with Crippen molar-refractivity contribution in [3.63, 3.8) is 0 Å². The van der Waals surface area contributed by atoms with Gasteiger partial charge in [-0.05, 0) is 53.2 Å². The van der Waals surface area contributed by atoms with Crippen molar-refractivity contribution in [1.82, 2.24) is 20.0 Å². The topological polar surface area (TPSA) is 76.5 Å². The first-order valence-electron chi connectivity index (χ1n) is 11.1. The molecule has 2 amide bonds. The zero-order valence-corrected chi connectivity index (χ0v) is 20.3. The van der Waals surface area contributed by atoms with Crippen molar-refractivity contribution < 1.29 is 27.5 Å². The SMILES string of the molecule is O=C1S/C(=C/c2ccc3c(cnn3Cc3ccc(Cl)cc3C(F)(F)F)c2)C(=O)N1CC1COCCN1. The summed E-state index contributed by atoms with van der Waals surface area (Å²) in [4.78, 5) is 26.8. The highest BCUT2D eigenvalue weighted by Crippen LogP contribution is 2.35. The molecule has 36 heavy (non-hydrogen) atoms. The summed E-state index contributed by atoms with van der Waals surface area (Å²) in [5.74, 6) is -0.365. The van der Waals surface area contributed by atoms with Crippen molar-refractivity contribution in [1.29, 1.82) is 0 Å². The number of nitrogens with zero attached hydrogens (tertiary/aromatic N) is 3. The zero-order chi connectivity index (χ0) is 25.4. The first-order chi connectivity index (χ1) is 17.2. The van der Waals surface area contributed by atoms with Crippen LogP contribution in [0.5, 0.6) is 0 Å². The van der Waals surface area contributed by atoms with E-state index >= 15 is 0 Å². The van der Waals surface area contributed by atoms with Gasteiger partial charge in [0.05, 0.1) is 41.9 Å². The van der Waals surface area contributed by atoms with E-state index in [-0.39, 0.29) is 40.9 Å². The van der Waals surface area contributed by atoms with Crippen molar-refractivity contribution in [2.75, 3.05) is 26.3 Å². The lowest BCUT2D eigenvalue weighted by atomic mass is 10.1. The number of morpholine rings is 1. The third-order valence-corrected chi connectivity index (χ3v) is 7.08. The molecule has 188 valence electrons. The Hall–Kier alpha value is -2.86. The molecule has 2 aromatic carbocycles. The highest BCUT2D eigenvalue weighted by Gasteiger charge is 2.37. The summed E-state index contributed by atoms with van der Waals surface area (Å²) >= 11 is 6.65. The maximum absolute atomic E-state index is 13.5. The van der Waals surface area contributed by atoms with Crippen LogP contribution in [0.3, 0.4) is 0 Å². The van der Waals surface area contributed by atoms with E-state index < -0.39 is 11.7 Å². The van der Waals surface area contributed by atoms with Crippen molar-refractivity contribution >= 4 is 51.5 Å². The van der Waals surface area contributed by atoms with Gasteiger partial charge in [0, 0.05) is 29.5 Å². The molecule has 5 rings (SSSR count). The molecule has 1 atom stereocenters. The predicted octanol–water partition coefficient (Wildman–Crippen LogP) is 4.78. The lowest BCUT2D eigenvalue weighted by molar-refractivity contribution is -0.138. The monoisotopic (exact) mass is 536 g/mol. The molecular weight excluding hydrogens is 517 g/mol. The number of benzene rings is 2. The molecule has 3 heterocycles. The van der Waals surface area contributed by atoms with Gasteiger partial charge in [-0.25, -0.2) is 0 Å². The number of thioether (sulfide) groups is 1. The Bertz CT molecular complexity index is 1370. The van der Waals surface area contributed by atoms with Gasteiger partial charge < -0.3 is 10.1 Å². The van der Waals surface area contributed by atoms with E-state index in [1.807, 2.05) is 0 Å². The van der Waals surface area contributed by atoms with E-state index in [2.05, 4.69) is 10.4 Å². The third kappa shape index (κ3) is 5.15. The first-order valence-corrected chi connectivity index (χ1v) is 12.3. The second-order valence-corrected chi connectivity index (χ2v) is 9.87. The Morgan fingerprint density at radius 1 is 1.22 bits per heavy atom. The number of hydrogen-bond donors (Lipinski definition) is 1. The first kappa shape index (κ1) is 24.8. The lowest BCUT2D eigenvalue weighted by Gasteiger charge is -2.26. The zero-order valence-electron chi connectivity index (χ0n) is 18.7. The van der Waals surface area contributed by atoms with E-state index in [0.29, 0.717) is 41.1 Å². The van der Waals surface area contributed by atoms with Crippen LogP contribution in [0.2, 0.25) is 5.02 Å². The molecule has 0 bridgehead atoms. The van der Waals surface area contributed by atoms with Crippen LogP contribution < -0.4 is 5.32 Å². The molecule has 0 aliphatic carbocycles. The van der Waals surface area contributed by atoms with Gasteiger partial charge in [0.15, 0.2) is 0 Å². The Balaban J connectivity index is 1.36. The fourth-order valence-electron chi connectivity index (χ4n) is 4.20. The Kier molecular flexibility index (Phi) is 6.82. The molecule has 12 heteroatoms. The van der Waals surface area contributed by atoms with Crippen LogP contribution in [0.4, 0.5) is 18.0 Å². The van der Waals surface area contributed by atoms with Gasteiger partial charge >= 0.3 is 6.18 Å². The molecule has 1 aromatic heterocycles. The van der Waals surface area contributed by atoms with Crippen LogP contribution in [0.25, 0.3) is 17.0 Å². The van der Waals surface area contributed by atoms with E-state index in [4.69, 9.17) is 16.3 Å². The average Bonchev–Trinajstić information content (AvgIpc) is 3.35. The lowest BCUT2D eigenvalue weighted by Crippen LogP contribution is -2.49. The highest BCUT2D eigenvalue weighted by atomic mass is 35.5. The normalized spacial score (nSPS) is 20.2. The number of amides is 2. The number of alkyl halides is 3. The molecule has 0 saturated carbocycles. The Morgan fingerprint density at radius 2 is 2.06 bits per heavy atom. The minimum Gasteiger partial charge on any atom is -0.378 e. The summed E-state index contributed by atoms with van der Waals surface area (Å²) in [7, 11) is 0. The van der Waals surface area contributed by atoms with Gasteiger partial charge in [0.25, 0.3) is 11.1 Å². The third-order valence-electron chi connectivity index (χ3n) is 5.94. The molecule has 3 aromatic rings. The maximum atomic E-state index is 13.5. The number of carbonyl (C=O) groups excluding carboxylic acids is 2. The smallest absolute Gasteiger partial charge is 0.378 e. The number of rotatable bonds is 5. The number of hydrogen-bond acceptors (Lipinski definition) is 6. The molecule has 7 nitrogen and oxygen atoms in total. The second kappa shape index (κ2) is 9.89. The van der Waals surface area contributed by atoms with Crippen molar-refractivity contribution in [3.8, 4) is 0 Å². The summed E-state index contributed by atoms with van der Waals surface area (Å²) in [5.41, 5.74) is 0.550. The molecular formula is C24H20ClF3N4O3S. The molecule has 1 unspecified atom stereocenters. The quantitative estimate of drug-likeness (QED) is 0.473. The van der Waals surface area contributed by atoms with Crippen molar-refractivity contribution in [2.24, 2.45) is 0 Å². The highest BCUT2D eigenvalue weighted by molar-refractivity contribution is 8.18. The van der Waals surface area contributed by atoms with Gasteiger partial charge in [-0.3, -0.25) is 19.2 Å². The number of aromatic nitrogens is 2. The van der Waals surface area contributed by atoms with E-state index in [0.717, 1.165) is 17.8 Å². The fourth-order valence-corrected chi connectivity index (χ4v) is 5.22. The van der Waals surface area contributed by atoms with Crippen LogP contribution >= 0.6 is 23.4 Å². The van der Waals surface area contributed by atoms with Crippen LogP contribution in [0.1, 0.15) is 16.7 Å². The van der Waals surface area contributed by atoms with Gasteiger partial charge in [-0.15, -0.1) is 0 Å². The number of imide groups is 1. The fraction of sp³-hybridized carbons (Fsp3) is 0.292. The second-order valence-electron chi connectivity index (χ2n) is 8.44. The van der Waals surface area contributed by atoms with E-state index in [9.17, 15) is 22.8 Å². The predicted molar refractivity (Wildman–Crippen MR) is 131 cm³/mol. The Labute approximate surface area is 213 Å². The molecule has 2 aliphatic heterocycles.